The van der Waals surface area contributed by atoms with E-state index in [2.05, 4.69) is 10.1 Å². The van der Waals surface area contributed by atoms with Gasteiger partial charge in [-0.05, 0) is 45.3 Å². The molecule has 3 N–H and O–H groups in total. The molecular formula is C15H31N3O. The number of nitrogens with two attached hydrogens (primary N) is 1. The van der Waals surface area contributed by atoms with Gasteiger partial charge < -0.3 is 15.8 Å². The Morgan fingerprint density at radius 1 is 1.11 bits per heavy atom. The van der Waals surface area contributed by atoms with Gasteiger partial charge in [0, 0.05) is 5.41 Å². The maximum Gasteiger partial charge on any atom is 0.144 e. The lowest BCUT2D eigenvalue weighted by atomic mass is 9.86. The number of hydrogen-bond acceptors (Lipinski definition) is 3. The largest absolute Gasteiger partial charge is 0.409 e. The van der Waals surface area contributed by atoms with E-state index >= 15 is 0 Å². The van der Waals surface area contributed by atoms with E-state index in [1.54, 1.807) is 0 Å². The molecule has 1 aliphatic rings. The van der Waals surface area contributed by atoms with Crippen LogP contribution in [0, 0.1) is 5.41 Å². The quantitative estimate of drug-likeness (QED) is 0.256. The Balaban J connectivity index is 2.18. The van der Waals surface area contributed by atoms with Crippen molar-refractivity contribution in [3.05, 3.63) is 0 Å². The van der Waals surface area contributed by atoms with Crippen molar-refractivity contribution >= 4 is 5.84 Å². The molecule has 0 aromatic carbocycles. The van der Waals surface area contributed by atoms with Gasteiger partial charge in [0.1, 0.15) is 5.84 Å². The predicted molar refractivity (Wildman–Crippen MR) is 80.6 cm³/mol. The lowest BCUT2D eigenvalue weighted by molar-refractivity contribution is 0.239. The first kappa shape index (κ1) is 16.3. The third-order valence-corrected chi connectivity index (χ3v) is 4.28. The Labute approximate surface area is 118 Å². The van der Waals surface area contributed by atoms with Gasteiger partial charge in [-0.3, -0.25) is 0 Å². The average Bonchev–Trinajstić information content (AvgIpc) is 2.35. The minimum absolute atomic E-state index is 0.189. The van der Waals surface area contributed by atoms with Crippen LogP contribution in [0.15, 0.2) is 5.16 Å². The fourth-order valence-corrected chi connectivity index (χ4v) is 2.70. The first-order valence-electron chi connectivity index (χ1n) is 7.76. The van der Waals surface area contributed by atoms with Gasteiger partial charge in [0.15, 0.2) is 0 Å². The molecule has 1 fully saturated rings. The summed E-state index contributed by atoms with van der Waals surface area (Å²) in [4.78, 5) is 2.61. The molecule has 0 spiro atoms. The molecule has 0 amide bonds. The van der Waals surface area contributed by atoms with E-state index in [0.29, 0.717) is 5.84 Å². The van der Waals surface area contributed by atoms with Gasteiger partial charge >= 0.3 is 0 Å². The summed E-state index contributed by atoms with van der Waals surface area (Å²) in [5.41, 5.74) is 5.51. The summed E-state index contributed by atoms with van der Waals surface area (Å²) in [5.74, 6) is 0.346. The van der Waals surface area contributed by atoms with E-state index < -0.39 is 0 Å². The van der Waals surface area contributed by atoms with E-state index in [1.807, 2.05) is 13.8 Å². The zero-order valence-electron chi connectivity index (χ0n) is 12.7. The number of hydrogen-bond donors (Lipinski definition) is 2. The molecule has 112 valence electrons. The van der Waals surface area contributed by atoms with Gasteiger partial charge in [0.25, 0.3) is 0 Å². The monoisotopic (exact) mass is 269 g/mol. The van der Waals surface area contributed by atoms with Crippen LogP contribution in [-0.2, 0) is 0 Å². The second-order valence-corrected chi connectivity index (χ2v) is 6.44. The highest BCUT2D eigenvalue weighted by molar-refractivity contribution is 5.85. The second kappa shape index (κ2) is 8.41. The molecule has 1 heterocycles. The van der Waals surface area contributed by atoms with Crippen molar-refractivity contribution in [3.8, 4) is 0 Å². The molecule has 4 nitrogen and oxygen atoms in total. The van der Waals surface area contributed by atoms with E-state index in [4.69, 9.17) is 10.9 Å². The summed E-state index contributed by atoms with van der Waals surface area (Å²) in [6.07, 6.45) is 10.3. The molecule has 1 aliphatic heterocycles. The molecule has 0 radical (unpaired) electrons. The zero-order valence-corrected chi connectivity index (χ0v) is 12.7. The Morgan fingerprint density at radius 2 is 1.68 bits per heavy atom. The van der Waals surface area contributed by atoms with Gasteiger partial charge in [0.05, 0.1) is 0 Å². The maximum absolute atomic E-state index is 8.74. The summed E-state index contributed by atoms with van der Waals surface area (Å²) in [7, 11) is 0. The van der Waals surface area contributed by atoms with E-state index in [0.717, 1.165) is 12.8 Å². The van der Waals surface area contributed by atoms with Crippen LogP contribution in [0.1, 0.15) is 65.2 Å². The summed E-state index contributed by atoms with van der Waals surface area (Å²) >= 11 is 0. The lowest BCUT2D eigenvalue weighted by Gasteiger charge is -2.26. The van der Waals surface area contributed by atoms with Crippen LogP contribution in [0.25, 0.3) is 0 Å². The van der Waals surface area contributed by atoms with Crippen LogP contribution in [0.2, 0.25) is 0 Å². The highest BCUT2D eigenvalue weighted by Crippen LogP contribution is 2.23. The van der Waals surface area contributed by atoms with Crippen LogP contribution >= 0.6 is 0 Å². The Morgan fingerprint density at radius 3 is 2.26 bits per heavy atom. The van der Waals surface area contributed by atoms with Crippen molar-refractivity contribution in [2.24, 2.45) is 16.3 Å². The average molecular weight is 269 g/mol. The fraction of sp³-hybridized carbons (Fsp3) is 0.933. The van der Waals surface area contributed by atoms with Crippen molar-refractivity contribution in [1.29, 1.82) is 0 Å². The lowest BCUT2D eigenvalue weighted by Crippen LogP contribution is -2.32. The Bertz CT molecular complexity index is 269. The molecule has 0 aromatic heterocycles. The van der Waals surface area contributed by atoms with E-state index in [9.17, 15) is 0 Å². The van der Waals surface area contributed by atoms with Gasteiger partial charge in [-0.2, -0.15) is 0 Å². The minimum Gasteiger partial charge on any atom is -0.409 e. The maximum atomic E-state index is 8.74. The third kappa shape index (κ3) is 6.28. The topological polar surface area (TPSA) is 61.8 Å². The molecule has 0 unspecified atom stereocenters. The number of unbranched alkanes of at least 4 members (excludes halogenated alkanes) is 1. The van der Waals surface area contributed by atoms with Crippen molar-refractivity contribution in [3.63, 3.8) is 0 Å². The van der Waals surface area contributed by atoms with E-state index in [-0.39, 0.29) is 5.41 Å². The molecule has 0 atom stereocenters. The number of likely N-dealkylation sites (tertiary alicyclic amines) is 1. The molecule has 0 saturated carbocycles. The van der Waals surface area contributed by atoms with Crippen LogP contribution in [0.3, 0.4) is 0 Å². The number of rotatable bonds is 6. The van der Waals surface area contributed by atoms with Crippen LogP contribution in [0.5, 0.6) is 0 Å². The predicted octanol–water partition coefficient (Wildman–Crippen LogP) is 3.20. The molecule has 0 bridgehead atoms. The highest BCUT2D eigenvalue weighted by atomic mass is 16.4. The zero-order chi connectivity index (χ0) is 14.1. The summed E-state index contributed by atoms with van der Waals surface area (Å²) in [5, 5.41) is 11.9. The normalized spacial score (nSPS) is 20.0. The number of nitrogens with zero attached hydrogens (tertiary/aromatic N) is 2. The molecule has 1 rings (SSSR count). The number of amidine groups is 1. The second-order valence-electron chi connectivity index (χ2n) is 6.44. The third-order valence-electron chi connectivity index (χ3n) is 4.28. The van der Waals surface area contributed by atoms with Crippen molar-refractivity contribution in [2.45, 2.75) is 65.2 Å². The molecule has 1 saturated heterocycles. The van der Waals surface area contributed by atoms with Gasteiger partial charge in [-0.25, -0.2) is 0 Å². The molecule has 19 heavy (non-hydrogen) atoms. The minimum atomic E-state index is -0.189. The van der Waals surface area contributed by atoms with Gasteiger partial charge in [-0.1, -0.05) is 44.7 Å². The summed E-state index contributed by atoms with van der Waals surface area (Å²) in [6, 6.07) is 0. The SMILES string of the molecule is CC(C)(CCCCN1CCCCCCC1)C(N)=NO. The van der Waals surface area contributed by atoms with Gasteiger partial charge in [0.2, 0.25) is 0 Å². The van der Waals surface area contributed by atoms with Crippen molar-refractivity contribution < 1.29 is 5.21 Å². The highest BCUT2D eigenvalue weighted by Gasteiger charge is 2.22. The Hall–Kier alpha value is -0.770. The van der Waals surface area contributed by atoms with Crippen LogP contribution < -0.4 is 5.73 Å². The fourth-order valence-electron chi connectivity index (χ4n) is 2.70. The molecule has 0 aromatic rings. The summed E-state index contributed by atoms with van der Waals surface area (Å²) < 4.78 is 0. The standard InChI is InChI=1S/C15H31N3O/c1-15(2,14(16)17-19)10-6-9-13-18-11-7-4-3-5-8-12-18/h19H,3-13H2,1-2H3,(H2,16,17). The molecular weight excluding hydrogens is 238 g/mol. The van der Waals surface area contributed by atoms with Crippen LogP contribution in [-0.4, -0.2) is 35.6 Å². The number of oxime groups is 1. The van der Waals surface area contributed by atoms with Crippen molar-refractivity contribution in [2.75, 3.05) is 19.6 Å². The first-order chi connectivity index (χ1) is 9.06. The molecule has 4 heteroatoms. The smallest absolute Gasteiger partial charge is 0.144 e. The first-order valence-corrected chi connectivity index (χ1v) is 7.76. The Kier molecular flexibility index (Phi) is 7.21. The molecule has 0 aliphatic carbocycles. The summed E-state index contributed by atoms with van der Waals surface area (Å²) in [6.45, 7) is 7.82. The van der Waals surface area contributed by atoms with E-state index in [1.165, 1.54) is 58.2 Å². The van der Waals surface area contributed by atoms with Gasteiger partial charge in [-0.15, -0.1) is 0 Å². The van der Waals surface area contributed by atoms with Crippen LogP contribution in [0.4, 0.5) is 0 Å². The van der Waals surface area contributed by atoms with Crippen molar-refractivity contribution in [1.82, 2.24) is 4.90 Å².